The number of hydrogen-bond donors (Lipinski definition) is 0. The van der Waals surface area contributed by atoms with Crippen molar-refractivity contribution in [2.45, 2.75) is 23.0 Å². The molecule has 0 amide bonds. The zero-order valence-electron chi connectivity index (χ0n) is 3.61. The molecule has 2 heterocycles. The van der Waals surface area contributed by atoms with Crippen LogP contribution < -0.4 is 0 Å². The van der Waals surface area contributed by atoms with E-state index in [9.17, 15) is 0 Å². The second kappa shape index (κ2) is 1.01. The quantitative estimate of drug-likeness (QED) is 0.360. The Morgan fingerprint density at radius 1 is 1.67 bits per heavy atom. The van der Waals surface area contributed by atoms with Gasteiger partial charge in [-0.05, 0) is 0 Å². The molecule has 2 fully saturated rings. The summed E-state index contributed by atoms with van der Waals surface area (Å²) in [6, 6.07) is 0. The van der Waals surface area contributed by atoms with Gasteiger partial charge in [-0.2, -0.15) is 0 Å². The van der Waals surface area contributed by atoms with E-state index in [1.165, 1.54) is 18.1 Å². The Kier molecular flexibility index (Phi) is 0.590. The van der Waals surface area contributed by atoms with E-state index >= 15 is 0 Å². The molecule has 2 heteroatoms. The Labute approximate surface area is 42.1 Å². The molecule has 0 aromatic rings. The molecule has 2 rings (SSSR count). The second-order valence-electron chi connectivity index (χ2n) is 1.97. The van der Waals surface area contributed by atoms with Crippen molar-refractivity contribution in [2.24, 2.45) is 0 Å². The third kappa shape index (κ3) is 0.353. The summed E-state index contributed by atoms with van der Waals surface area (Å²) in [5.41, 5.74) is 0. The van der Waals surface area contributed by atoms with Crippen LogP contribution >= 0.6 is 0 Å². The standard InChI is InChI=1S/C4H7GeO/c1-2-4-5(3-1)6-4/h4H,1-3H2. The first-order valence-corrected chi connectivity index (χ1v) is 6.04. The predicted octanol–water partition coefficient (Wildman–Crippen LogP) is 0.710. The van der Waals surface area contributed by atoms with Crippen LogP contribution in [0.5, 0.6) is 0 Å². The van der Waals surface area contributed by atoms with Crippen LogP contribution in [0.3, 0.4) is 0 Å². The van der Waals surface area contributed by atoms with Crippen LogP contribution in [-0.2, 0) is 3.76 Å². The molecule has 2 aliphatic rings. The summed E-state index contributed by atoms with van der Waals surface area (Å²) < 4.78 is 5.32. The van der Waals surface area contributed by atoms with Gasteiger partial charge in [0, 0.05) is 0 Å². The molecule has 0 saturated carbocycles. The molecule has 0 aliphatic carbocycles. The van der Waals surface area contributed by atoms with Crippen molar-refractivity contribution in [1.29, 1.82) is 0 Å². The Morgan fingerprint density at radius 2 is 2.67 bits per heavy atom. The molecule has 2 aliphatic heterocycles. The van der Waals surface area contributed by atoms with E-state index in [0.717, 1.165) is 4.94 Å². The van der Waals surface area contributed by atoms with Gasteiger partial charge in [-0.1, -0.05) is 0 Å². The maximum absolute atomic E-state index is 5.32. The third-order valence-electron chi connectivity index (χ3n) is 1.49. The maximum atomic E-state index is 5.32. The molecule has 0 aromatic heterocycles. The fourth-order valence-electron chi connectivity index (χ4n) is 1.05. The van der Waals surface area contributed by atoms with Gasteiger partial charge in [0.15, 0.2) is 0 Å². The van der Waals surface area contributed by atoms with E-state index in [1.54, 1.807) is 0 Å². The first-order chi connectivity index (χ1) is 2.97. The average molecular weight is 144 g/mol. The Bertz CT molecular complexity index is 65.9. The molecular weight excluding hydrogens is 137 g/mol. The number of fused-ring (bicyclic) bond motifs is 1. The Balaban J connectivity index is 2.09. The van der Waals surface area contributed by atoms with Gasteiger partial charge < -0.3 is 0 Å². The predicted molar refractivity (Wildman–Crippen MR) is 24.7 cm³/mol. The fraction of sp³-hybridized carbons (Fsp3) is 1.00. The van der Waals surface area contributed by atoms with Crippen LogP contribution in [0.15, 0.2) is 0 Å². The summed E-state index contributed by atoms with van der Waals surface area (Å²) in [6.45, 7) is 0. The van der Waals surface area contributed by atoms with Gasteiger partial charge in [-0.25, -0.2) is 0 Å². The SMILES string of the molecule is C1C[CH]2[O][Ge]2[CH2]1. The second-order valence-corrected chi connectivity index (χ2v) is 6.82. The van der Waals surface area contributed by atoms with Crippen LogP contribution in [-0.4, -0.2) is 19.6 Å². The van der Waals surface area contributed by atoms with Crippen LogP contribution in [0.1, 0.15) is 12.8 Å². The molecule has 1 radical (unpaired) electrons. The Hall–Kier alpha value is 0.503. The molecule has 33 valence electrons. The summed E-state index contributed by atoms with van der Waals surface area (Å²) in [4.78, 5) is 0.880. The minimum absolute atomic E-state index is 0.602. The summed E-state index contributed by atoms with van der Waals surface area (Å²) >= 11 is -0.602. The van der Waals surface area contributed by atoms with Crippen molar-refractivity contribution in [1.82, 2.24) is 0 Å². The summed E-state index contributed by atoms with van der Waals surface area (Å²) in [5.74, 6) is 0. The van der Waals surface area contributed by atoms with Gasteiger partial charge >= 0.3 is 41.5 Å². The van der Waals surface area contributed by atoms with Gasteiger partial charge in [0.2, 0.25) is 0 Å². The molecule has 0 N–H and O–H groups in total. The normalized spacial score (nSPS) is 43.0. The summed E-state index contributed by atoms with van der Waals surface area (Å²) in [5, 5.41) is 1.50. The first kappa shape index (κ1) is 3.50. The van der Waals surface area contributed by atoms with E-state index in [1.807, 2.05) is 0 Å². The van der Waals surface area contributed by atoms with Gasteiger partial charge in [0.1, 0.15) is 0 Å². The Morgan fingerprint density at radius 3 is 2.83 bits per heavy atom. The van der Waals surface area contributed by atoms with Gasteiger partial charge in [-0.15, -0.1) is 0 Å². The molecular formula is C4H7GeO. The van der Waals surface area contributed by atoms with Crippen LogP contribution in [0.4, 0.5) is 0 Å². The molecule has 6 heavy (non-hydrogen) atoms. The van der Waals surface area contributed by atoms with E-state index < -0.39 is 14.7 Å². The molecule has 0 spiro atoms. The van der Waals surface area contributed by atoms with Crippen molar-refractivity contribution < 1.29 is 3.76 Å². The van der Waals surface area contributed by atoms with Gasteiger partial charge in [0.05, 0.1) is 0 Å². The average Bonchev–Trinajstić information content (AvgIpc) is 2.17. The number of rotatable bonds is 0. The van der Waals surface area contributed by atoms with Crippen molar-refractivity contribution >= 4 is 14.7 Å². The molecule has 2 saturated heterocycles. The summed E-state index contributed by atoms with van der Waals surface area (Å²) in [7, 11) is 0. The van der Waals surface area contributed by atoms with Crippen molar-refractivity contribution in [3.8, 4) is 0 Å². The van der Waals surface area contributed by atoms with E-state index in [2.05, 4.69) is 0 Å². The molecule has 0 bridgehead atoms. The molecule has 1 atom stereocenters. The van der Waals surface area contributed by atoms with Crippen molar-refractivity contribution in [3.63, 3.8) is 0 Å². The van der Waals surface area contributed by atoms with Crippen molar-refractivity contribution in [2.75, 3.05) is 0 Å². The fourth-order valence-corrected chi connectivity index (χ4v) is 6.02. The minimum atomic E-state index is -0.602. The zero-order chi connectivity index (χ0) is 3.98. The number of hydrogen-bond acceptors (Lipinski definition) is 1. The zero-order valence-corrected chi connectivity index (χ0v) is 5.70. The van der Waals surface area contributed by atoms with Crippen LogP contribution in [0.25, 0.3) is 0 Å². The third-order valence-corrected chi connectivity index (χ3v) is 6.37. The molecule has 1 unspecified atom stereocenters. The van der Waals surface area contributed by atoms with Gasteiger partial charge in [-0.3, -0.25) is 0 Å². The first-order valence-electron chi connectivity index (χ1n) is 2.49. The van der Waals surface area contributed by atoms with E-state index in [0.29, 0.717) is 0 Å². The molecule has 0 aromatic carbocycles. The van der Waals surface area contributed by atoms with E-state index in [4.69, 9.17) is 3.76 Å². The summed E-state index contributed by atoms with van der Waals surface area (Å²) in [6.07, 6.45) is 2.90. The van der Waals surface area contributed by atoms with Crippen LogP contribution in [0, 0.1) is 0 Å². The van der Waals surface area contributed by atoms with Gasteiger partial charge in [0.25, 0.3) is 0 Å². The molecule has 1 nitrogen and oxygen atoms in total. The topological polar surface area (TPSA) is 12.5 Å². The van der Waals surface area contributed by atoms with E-state index in [-0.39, 0.29) is 0 Å². The monoisotopic (exact) mass is 145 g/mol. The van der Waals surface area contributed by atoms with Crippen molar-refractivity contribution in [3.05, 3.63) is 0 Å². The van der Waals surface area contributed by atoms with Crippen LogP contribution in [0.2, 0.25) is 5.25 Å².